The van der Waals surface area contributed by atoms with E-state index in [0.717, 1.165) is 0 Å². The second-order valence-electron chi connectivity index (χ2n) is 5.09. The van der Waals surface area contributed by atoms with E-state index >= 15 is 0 Å². The normalized spacial score (nSPS) is 10.7. The van der Waals surface area contributed by atoms with Gasteiger partial charge in [0.1, 0.15) is 5.15 Å². The lowest BCUT2D eigenvalue weighted by molar-refractivity contribution is 0.588. The number of aromatic amines is 1. The molecule has 4 heterocycles. The Labute approximate surface area is 181 Å². The molecule has 0 radical (unpaired) electrons. The Morgan fingerprint density at radius 3 is 1.90 bits per heavy atom. The highest BCUT2D eigenvalue weighted by Gasteiger charge is 2.03. The first-order chi connectivity index (χ1) is 13.5. The van der Waals surface area contributed by atoms with Gasteiger partial charge in [0.25, 0.3) is 0 Å². The van der Waals surface area contributed by atoms with Gasteiger partial charge in [0.05, 0.1) is 22.1 Å². The number of hydrogen-bond acceptors (Lipinski definition) is 5. The standard InChI is InChI=1S/C8H4ClFN2.C8H5FN2O.Cl3OP/c9-7-3-1-6-5(11-7)2-4-8(10)12-6;9-7-3-1-6-5(10-7)2-4-8(12)11-6;1-5(2,3)4/h1-4H;1-4H,(H,11,12);. The van der Waals surface area contributed by atoms with Crippen LogP contribution in [0.4, 0.5) is 8.78 Å². The molecule has 29 heavy (non-hydrogen) atoms. The van der Waals surface area contributed by atoms with E-state index in [1.54, 1.807) is 18.2 Å². The van der Waals surface area contributed by atoms with E-state index in [9.17, 15) is 18.1 Å². The molecule has 0 spiro atoms. The number of halogens is 6. The number of H-pyrrole nitrogens is 1. The maximum Gasteiger partial charge on any atom is 0.339 e. The zero-order valence-electron chi connectivity index (χ0n) is 14.0. The number of fused-ring (bicyclic) bond motifs is 2. The number of nitrogens with zero attached hydrogens (tertiary/aromatic N) is 3. The largest absolute Gasteiger partial charge is 0.339 e. The van der Waals surface area contributed by atoms with Gasteiger partial charge in [-0.15, -0.1) is 0 Å². The topological polar surface area (TPSA) is 88.6 Å². The van der Waals surface area contributed by atoms with Crippen LogP contribution < -0.4 is 5.56 Å². The first-order valence-corrected chi connectivity index (χ1v) is 12.2. The highest BCUT2D eigenvalue weighted by Crippen LogP contribution is 2.61. The minimum absolute atomic E-state index is 0.212. The zero-order chi connectivity index (χ0) is 21.6. The Morgan fingerprint density at radius 2 is 1.24 bits per heavy atom. The van der Waals surface area contributed by atoms with Crippen molar-refractivity contribution in [1.82, 2.24) is 19.9 Å². The van der Waals surface area contributed by atoms with Crippen LogP contribution in [0, 0.1) is 11.9 Å². The Balaban J connectivity index is 0.000000170. The smallest absolute Gasteiger partial charge is 0.321 e. The molecule has 0 amide bonds. The van der Waals surface area contributed by atoms with Crippen molar-refractivity contribution in [3.05, 3.63) is 75.9 Å². The quantitative estimate of drug-likeness (QED) is 0.226. The second kappa shape index (κ2) is 10.3. The molecule has 0 saturated heterocycles. The van der Waals surface area contributed by atoms with Gasteiger partial charge in [-0.05, 0) is 76.2 Å². The molecule has 4 aromatic rings. The van der Waals surface area contributed by atoms with Gasteiger partial charge in [0.2, 0.25) is 17.5 Å². The molecular weight excluding hydrogens is 491 g/mol. The van der Waals surface area contributed by atoms with Crippen molar-refractivity contribution in [1.29, 1.82) is 0 Å². The Bertz CT molecular complexity index is 1200. The molecule has 4 rings (SSSR count). The van der Waals surface area contributed by atoms with Gasteiger partial charge in [0, 0.05) is 6.07 Å². The van der Waals surface area contributed by atoms with Gasteiger partial charge in [-0.1, -0.05) is 11.6 Å². The summed E-state index contributed by atoms with van der Waals surface area (Å²) >= 11 is 19.5. The molecule has 152 valence electrons. The van der Waals surface area contributed by atoms with E-state index in [1.807, 2.05) is 0 Å². The van der Waals surface area contributed by atoms with Crippen LogP contribution in [0.2, 0.25) is 5.15 Å². The van der Waals surface area contributed by atoms with Crippen molar-refractivity contribution >= 4 is 72.6 Å². The van der Waals surface area contributed by atoms with Crippen LogP contribution in [0.5, 0.6) is 0 Å². The van der Waals surface area contributed by atoms with Gasteiger partial charge in [-0.25, -0.2) is 15.0 Å². The van der Waals surface area contributed by atoms with E-state index in [1.165, 1.54) is 30.3 Å². The molecule has 0 unspecified atom stereocenters. The van der Waals surface area contributed by atoms with Crippen molar-refractivity contribution in [2.24, 2.45) is 0 Å². The van der Waals surface area contributed by atoms with Crippen molar-refractivity contribution in [3.63, 3.8) is 0 Å². The van der Waals surface area contributed by atoms with Crippen LogP contribution in [0.15, 0.2) is 53.3 Å². The van der Waals surface area contributed by atoms with Gasteiger partial charge < -0.3 is 4.98 Å². The summed E-state index contributed by atoms with van der Waals surface area (Å²) in [5, 5.41) is -2.84. The van der Waals surface area contributed by atoms with Gasteiger partial charge in [0.15, 0.2) is 0 Å². The van der Waals surface area contributed by atoms with E-state index in [4.69, 9.17) is 11.6 Å². The van der Waals surface area contributed by atoms with E-state index in [0.29, 0.717) is 27.2 Å². The van der Waals surface area contributed by atoms with Crippen molar-refractivity contribution in [2.45, 2.75) is 0 Å². The molecule has 6 nitrogen and oxygen atoms in total. The molecular formula is C16H9Cl4F2N4O2P. The first-order valence-electron chi connectivity index (χ1n) is 7.45. The molecule has 4 aromatic heterocycles. The van der Waals surface area contributed by atoms with Crippen LogP contribution in [-0.4, -0.2) is 19.9 Å². The number of aromatic nitrogens is 4. The van der Waals surface area contributed by atoms with Gasteiger partial charge >= 0.3 is 5.20 Å². The van der Waals surface area contributed by atoms with E-state index in [-0.39, 0.29) is 5.56 Å². The second-order valence-corrected chi connectivity index (χ2v) is 12.1. The summed E-state index contributed by atoms with van der Waals surface area (Å²) in [6.45, 7) is 0. The number of hydrogen-bond donors (Lipinski definition) is 1. The van der Waals surface area contributed by atoms with Crippen LogP contribution in [0.25, 0.3) is 22.1 Å². The lowest BCUT2D eigenvalue weighted by Gasteiger charge is -1.95. The summed E-state index contributed by atoms with van der Waals surface area (Å²) in [6.07, 6.45) is 0. The fourth-order valence-electron chi connectivity index (χ4n) is 1.97. The summed E-state index contributed by atoms with van der Waals surface area (Å²) in [5.41, 5.74) is 1.90. The summed E-state index contributed by atoms with van der Waals surface area (Å²) in [7, 11) is 0. The van der Waals surface area contributed by atoms with Gasteiger partial charge in [-0.3, -0.25) is 9.36 Å². The Kier molecular flexibility index (Phi) is 8.31. The summed E-state index contributed by atoms with van der Waals surface area (Å²) in [5.74, 6) is -1.05. The van der Waals surface area contributed by atoms with Crippen molar-refractivity contribution < 1.29 is 13.3 Å². The summed E-state index contributed by atoms with van der Waals surface area (Å²) < 4.78 is 34.6. The molecule has 0 aliphatic carbocycles. The number of rotatable bonds is 0. The maximum atomic E-state index is 12.6. The molecule has 0 aliphatic rings. The summed E-state index contributed by atoms with van der Waals surface area (Å²) in [6, 6.07) is 11.5. The monoisotopic (exact) mass is 498 g/mol. The molecule has 1 N–H and O–H groups in total. The SMILES string of the molecule is Fc1ccc2nc(Cl)ccc2n1.O=P(Cl)(Cl)Cl.O=c1ccc2nc(F)ccc2[nH]1. The fraction of sp³-hybridized carbons (Fsp3) is 0. The third kappa shape index (κ3) is 8.60. The molecule has 13 heteroatoms. The summed E-state index contributed by atoms with van der Waals surface area (Å²) in [4.78, 5) is 24.5. The molecule has 0 aliphatic heterocycles. The molecule has 0 aromatic carbocycles. The maximum absolute atomic E-state index is 12.6. The predicted octanol–water partition coefficient (Wildman–Crippen LogP) is 6.30. The predicted molar refractivity (Wildman–Crippen MR) is 112 cm³/mol. The highest BCUT2D eigenvalue weighted by atomic mass is 36.0. The lowest BCUT2D eigenvalue weighted by atomic mass is 10.3. The molecule has 0 bridgehead atoms. The number of nitrogens with one attached hydrogen (secondary N) is 1. The average Bonchev–Trinajstić information content (AvgIpc) is 2.61. The zero-order valence-corrected chi connectivity index (χ0v) is 17.9. The van der Waals surface area contributed by atoms with Crippen molar-refractivity contribution in [2.75, 3.05) is 0 Å². The Hall–Kier alpha value is -1.83. The van der Waals surface area contributed by atoms with Crippen LogP contribution in [0.3, 0.4) is 0 Å². The minimum atomic E-state index is -3.22. The van der Waals surface area contributed by atoms with Crippen LogP contribution in [0.1, 0.15) is 0 Å². The van der Waals surface area contributed by atoms with E-state index in [2.05, 4.69) is 53.7 Å². The van der Waals surface area contributed by atoms with Gasteiger partial charge in [-0.2, -0.15) is 8.78 Å². The minimum Gasteiger partial charge on any atom is -0.321 e. The third-order valence-corrected chi connectivity index (χ3v) is 3.23. The van der Waals surface area contributed by atoms with Crippen LogP contribution in [-0.2, 0) is 4.57 Å². The molecule has 0 fully saturated rings. The third-order valence-electron chi connectivity index (χ3n) is 3.02. The highest BCUT2D eigenvalue weighted by molar-refractivity contribution is 8.24. The Morgan fingerprint density at radius 1 is 0.759 bits per heavy atom. The first kappa shape index (κ1) is 23.4. The fourth-order valence-corrected chi connectivity index (χ4v) is 2.13. The lowest BCUT2D eigenvalue weighted by Crippen LogP contribution is -2.03. The molecule has 0 saturated carbocycles. The average molecular weight is 500 g/mol. The van der Waals surface area contributed by atoms with E-state index < -0.39 is 17.1 Å². The van der Waals surface area contributed by atoms with Crippen molar-refractivity contribution in [3.8, 4) is 0 Å². The van der Waals surface area contributed by atoms with Crippen LogP contribution >= 0.6 is 50.5 Å². The number of pyridine rings is 4. The molecule has 0 atom stereocenters.